The van der Waals surface area contributed by atoms with E-state index in [0.717, 1.165) is 37.8 Å². The van der Waals surface area contributed by atoms with Crippen LogP contribution in [0.2, 0.25) is 0 Å². The van der Waals surface area contributed by atoms with Crippen molar-refractivity contribution in [2.75, 3.05) is 20.2 Å². The molecule has 6 rings (SSSR count). The van der Waals surface area contributed by atoms with Crippen molar-refractivity contribution in [3.05, 3.63) is 59.2 Å². The second-order valence-electron chi connectivity index (χ2n) is 10.2. The first-order chi connectivity index (χ1) is 15.4. The van der Waals surface area contributed by atoms with Crippen LogP contribution in [0.25, 0.3) is 0 Å². The van der Waals surface area contributed by atoms with Crippen LogP contribution >= 0.6 is 0 Å². The van der Waals surface area contributed by atoms with Crippen LogP contribution in [-0.2, 0) is 27.8 Å². The Hall–Kier alpha value is -2.37. The Balaban J connectivity index is 1.43. The maximum atomic E-state index is 13.4. The molecular weight excluding hydrogens is 402 g/mol. The highest BCUT2D eigenvalue weighted by atomic mass is 16.5. The molecule has 1 spiro atoms. The standard InChI is InChI=1S/C27H31NO4/c1-25-22(30)12-13-27(31-16-6-9-18-7-4-3-5-8-18)21-17-19-10-11-20(29)24(32-25)23(19)26(25,27)14-15-28(21)2/h3-5,7-8,10-11,21,29H,6,9,12-17H2,1-2H3/t21?,25-,26-,27+/m0/s1. The topological polar surface area (TPSA) is 59.0 Å². The number of likely N-dealkylation sites (N-methyl/N-ethyl adjacent to an activating group) is 1. The fourth-order valence-corrected chi connectivity index (χ4v) is 7.42. The van der Waals surface area contributed by atoms with Crippen LogP contribution in [0.4, 0.5) is 0 Å². The molecule has 0 amide bonds. The van der Waals surface area contributed by atoms with Crippen LogP contribution in [0.1, 0.15) is 49.3 Å². The number of carbonyl (C=O) groups excluding carboxylic acids is 1. The number of Topliss-reactive ketones (excluding diaryl/α,β-unsaturated/α-hetero) is 1. The molecule has 32 heavy (non-hydrogen) atoms. The van der Waals surface area contributed by atoms with Gasteiger partial charge in [-0.3, -0.25) is 4.79 Å². The Morgan fingerprint density at radius 1 is 1.19 bits per heavy atom. The summed E-state index contributed by atoms with van der Waals surface area (Å²) in [6, 6.07) is 14.4. The molecule has 2 aliphatic heterocycles. The molecule has 5 heteroatoms. The normalized spacial score (nSPS) is 34.8. The number of aromatic hydroxyl groups is 1. The van der Waals surface area contributed by atoms with Crippen LogP contribution in [0.5, 0.6) is 11.5 Å². The predicted molar refractivity (Wildman–Crippen MR) is 121 cm³/mol. The molecule has 1 unspecified atom stereocenters. The largest absolute Gasteiger partial charge is 0.504 e. The average Bonchev–Trinajstić information content (AvgIpc) is 3.08. The van der Waals surface area contributed by atoms with Gasteiger partial charge in [0.25, 0.3) is 0 Å². The summed E-state index contributed by atoms with van der Waals surface area (Å²) in [4.78, 5) is 15.8. The number of phenolic OH excluding ortho intramolecular Hbond substituents is 1. The highest BCUT2D eigenvalue weighted by molar-refractivity contribution is 5.94. The third-order valence-corrected chi connectivity index (χ3v) is 8.88. The Morgan fingerprint density at radius 2 is 2.00 bits per heavy atom. The number of aryl methyl sites for hydroxylation is 1. The van der Waals surface area contributed by atoms with E-state index in [1.807, 2.05) is 19.1 Å². The fourth-order valence-electron chi connectivity index (χ4n) is 7.42. The van der Waals surface area contributed by atoms with Crippen molar-refractivity contribution in [2.24, 2.45) is 0 Å². The molecule has 0 aromatic heterocycles. The number of rotatable bonds is 5. The van der Waals surface area contributed by atoms with Gasteiger partial charge in [-0.25, -0.2) is 0 Å². The van der Waals surface area contributed by atoms with Crippen molar-refractivity contribution in [1.29, 1.82) is 0 Å². The lowest BCUT2D eigenvalue weighted by atomic mass is 9.45. The first-order valence-electron chi connectivity index (χ1n) is 11.9. The van der Waals surface area contributed by atoms with Gasteiger partial charge in [-0.05, 0) is 69.8 Å². The second kappa shape index (κ2) is 6.82. The molecule has 2 bridgehead atoms. The summed E-state index contributed by atoms with van der Waals surface area (Å²) >= 11 is 0. The number of hydrogen-bond acceptors (Lipinski definition) is 5. The van der Waals surface area contributed by atoms with Gasteiger partial charge in [0.05, 0.1) is 11.0 Å². The van der Waals surface area contributed by atoms with Gasteiger partial charge in [-0.1, -0.05) is 36.4 Å². The number of phenols is 1. The summed E-state index contributed by atoms with van der Waals surface area (Å²) < 4.78 is 13.4. The lowest BCUT2D eigenvalue weighted by Crippen LogP contribution is -2.80. The number of piperidine rings is 1. The third-order valence-electron chi connectivity index (χ3n) is 8.88. The van der Waals surface area contributed by atoms with E-state index < -0.39 is 16.6 Å². The number of carbonyl (C=O) groups is 1. The maximum Gasteiger partial charge on any atom is 0.177 e. The molecular formula is C27H31NO4. The van der Waals surface area contributed by atoms with Gasteiger partial charge in [0.15, 0.2) is 22.9 Å². The van der Waals surface area contributed by atoms with Crippen LogP contribution < -0.4 is 4.74 Å². The first kappa shape index (κ1) is 20.3. The molecule has 0 radical (unpaired) electrons. The van der Waals surface area contributed by atoms with Crippen LogP contribution in [0.15, 0.2) is 42.5 Å². The number of benzene rings is 2. The summed E-state index contributed by atoms with van der Waals surface area (Å²) in [5, 5.41) is 10.7. The first-order valence-corrected chi connectivity index (χ1v) is 11.9. The molecule has 168 valence electrons. The number of ketones is 1. The van der Waals surface area contributed by atoms with E-state index in [0.29, 0.717) is 25.2 Å². The van der Waals surface area contributed by atoms with E-state index in [9.17, 15) is 9.90 Å². The van der Waals surface area contributed by atoms with E-state index in [1.54, 1.807) is 6.07 Å². The van der Waals surface area contributed by atoms with Gasteiger partial charge < -0.3 is 19.5 Å². The summed E-state index contributed by atoms with van der Waals surface area (Å²) in [5.74, 6) is 0.783. The van der Waals surface area contributed by atoms with Crippen LogP contribution in [-0.4, -0.2) is 53.2 Å². The van der Waals surface area contributed by atoms with E-state index in [1.165, 1.54) is 11.1 Å². The zero-order valence-electron chi connectivity index (χ0n) is 18.9. The van der Waals surface area contributed by atoms with Crippen LogP contribution in [0, 0.1) is 0 Å². The number of hydrogen-bond donors (Lipinski definition) is 1. The smallest absolute Gasteiger partial charge is 0.177 e. The molecule has 1 N–H and O–H groups in total. The third kappa shape index (κ3) is 2.33. The fraction of sp³-hybridized carbons (Fsp3) is 0.519. The van der Waals surface area contributed by atoms with Gasteiger partial charge in [0.2, 0.25) is 0 Å². The van der Waals surface area contributed by atoms with Crippen molar-refractivity contribution < 1.29 is 19.4 Å². The molecule has 1 saturated heterocycles. The molecule has 2 heterocycles. The molecule has 2 aliphatic carbocycles. The minimum atomic E-state index is -0.999. The van der Waals surface area contributed by atoms with Crippen molar-refractivity contribution in [2.45, 2.75) is 68.1 Å². The Bertz CT molecular complexity index is 1080. The van der Waals surface area contributed by atoms with Crippen LogP contribution in [0.3, 0.4) is 0 Å². The molecule has 4 aliphatic rings. The van der Waals surface area contributed by atoms with Crippen molar-refractivity contribution in [3.8, 4) is 11.5 Å². The Morgan fingerprint density at radius 3 is 2.81 bits per heavy atom. The monoisotopic (exact) mass is 433 g/mol. The predicted octanol–water partition coefficient (Wildman–Crippen LogP) is 3.79. The lowest BCUT2D eigenvalue weighted by Gasteiger charge is -2.66. The zero-order valence-corrected chi connectivity index (χ0v) is 18.9. The summed E-state index contributed by atoms with van der Waals surface area (Å²) in [7, 11) is 2.18. The average molecular weight is 434 g/mol. The quantitative estimate of drug-likeness (QED) is 0.727. The van der Waals surface area contributed by atoms with E-state index in [2.05, 4.69) is 36.2 Å². The Kier molecular flexibility index (Phi) is 4.31. The SMILES string of the molecule is CN1CC[C@]23c4c5ccc(O)c4O[C@@]2(C)C(=O)CC[C@@]3(OCCCc2ccccc2)C1C5. The number of ether oxygens (including phenoxy) is 2. The lowest BCUT2D eigenvalue weighted by molar-refractivity contribution is -0.228. The summed E-state index contributed by atoms with van der Waals surface area (Å²) in [5.41, 5.74) is 1.50. The Labute approximate surface area is 189 Å². The van der Waals surface area contributed by atoms with E-state index in [4.69, 9.17) is 9.47 Å². The van der Waals surface area contributed by atoms with Gasteiger partial charge in [-0.15, -0.1) is 0 Å². The number of likely N-dealkylation sites (tertiary alicyclic amines) is 1. The van der Waals surface area contributed by atoms with Crippen molar-refractivity contribution in [1.82, 2.24) is 4.90 Å². The van der Waals surface area contributed by atoms with E-state index >= 15 is 0 Å². The van der Waals surface area contributed by atoms with Gasteiger partial charge in [0, 0.05) is 24.6 Å². The molecule has 1 saturated carbocycles. The van der Waals surface area contributed by atoms with Gasteiger partial charge in [0.1, 0.15) is 0 Å². The molecule has 5 nitrogen and oxygen atoms in total. The van der Waals surface area contributed by atoms with Gasteiger partial charge in [-0.2, -0.15) is 0 Å². The van der Waals surface area contributed by atoms with Crippen molar-refractivity contribution in [3.63, 3.8) is 0 Å². The maximum absolute atomic E-state index is 13.4. The van der Waals surface area contributed by atoms with E-state index in [-0.39, 0.29) is 17.6 Å². The summed E-state index contributed by atoms with van der Waals surface area (Å²) in [6.45, 7) is 3.49. The highest BCUT2D eigenvalue weighted by Crippen LogP contribution is 2.69. The minimum Gasteiger partial charge on any atom is -0.504 e. The highest BCUT2D eigenvalue weighted by Gasteiger charge is 2.78. The molecule has 2 aromatic rings. The summed E-state index contributed by atoms with van der Waals surface area (Å²) in [6.07, 6.45) is 4.71. The number of nitrogens with zero attached hydrogens (tertiary/aromatic N) is 1. The van der Waals surface area contributed by atoms with Gasteiger partial charge >= 0.3 is 0 Å². The second-order valence-corrected chi connectivity index (χ2v) is 10.2. The van der Waals surface area contributed by atoms with Crippen molar-refractivity contribution >= 4 is 5.78 Å². The molecule has 2 fully saturated rings. The zero-order chi connectivity index (χ0) is 22.1. The molecule has 2 aromatic carbocycles. The minimum absolute atomic E-state index is 0.132. The molecule has 4 atom stereocenters.